The van der Waals surface area contributed by atoms with Gasteiger partial charge in [0.05, 0.1) is 46.0 Å². The molecular formula is C25H34O6S. The second-order valence-corrected chi connectivity index (χ2v) is 8.66. The molecule has 7 heteroatoms. The van der Waals surface area contributed by atoms with E-state index in [4.69, 9.17) is 23.7 Å². The lowest BCUT2D eigenvalue weighted by Gasteiger charge is -2.24. The fourth-order valence-corrected chi connectivity index (χ4v) is 5.16. The zero-order valence-electron chi connectivity index (χ0n) is 19.8. The van der Waals surface area contributed by atoms with E-state index in [0.717, 1.165) is 41.0 Å². The Kier molecular flexibility index (Phi) is 8.43. The monoisotopic (exact) mass is 462 g/mol. The summed E-state index contributed by atoms with van der Waals surface area (Å²) in [6.45, 7) is 2.72. The van der Waals surface area contributed by atoms with Crippen molar-refractivity contribution < 1.29 is 28.8 Å². The third kappa shape index (κ3) is 4.59. The molecule has 3 rings (SSSR count). The van der Waals surface area contributed by atoms with E-state index in [1.165, 1.54) is 0 Å². The fourth-order valence-electron chi connectivity index (χ4n) is 4.56. The summed E-state index contributed by atoms with van der Waals surface area (Å²) in [5.74, 6) is 3.16. The Morgan fingerprint density at radius 3 is 2.16 bits per heavy atom. The number of hydrogen-bond donors (Lipinski definition) is 1. The van der Waals surface area contributed by atoms with Crippen LogP contribution in [0.4, 0.5) is 0 Å². The molecule has 176 valence electrons. The molecule has 2 aromatic carbocycles. The van der Waals surface area contributed by atoms with Gasteiger partial charge in [-0.15, -0.1) is 11.8 Å². The summed E-state index contributed by atoms with van der Waals surface area (Å²) in [6, 6.07) is 7.96. The molecule has 2 aromatic rings. The minimum Gasteiger partial charge on any atom is -0.493 e. The molecule has 3 unspecified atom stereocenters. The van der Waals surface area contributed by atoms with Crippen LogP contribution in [-0.4, -0.2) is 52.5 Å². The van der Waals surface area contributed by atoms with E-state index >= 15 is 0 Å². The number of aliphatic hydroxyl groups is 1. The Bertz CT molecular complexity index is 891. The van der Waals surface area contributed by atoms with Gasteiger partial charge in [-0.05, 0) is 49.3 Å². The van der Waals surface area contributed by atoms with Gasteiger partial charge in [-0.25, -0.2) is 0 Å². The van der Waals surface area contributed by atoms with Gasteiger partial charge in [-0.1, -0.05) is 13.0 Å². The van der Waals surface area contributed by atoms with Crippen LogP contribution in [-0.2, 0) is 0 Å². The number of benzene rings is 2. The number of rotatable bonds is 10. The summed E-state index contributed by atoms with van der Waals surface area (Å²) in [7, 11) is 6.47. The molecule has 0 aliphatic heterocycles. The topological polar surface area (TPSA) is 66.4 Å². The van der Waals surface area contributed by atoms with E-state index in [0.29, 0.717) is 29.6 Å². The van der Waals surface area contributed by atoms with Crippen molar-refractivity contribution in [3.63, 3.8) is 0 Å². The van der Waals surface area contributed by atoms with Crippen LogP contribution in [0.3, 0.4) is 0 Å². The van der Waals surface area contributed by atoms with Crippen LogP contribution in [0.1, 0.15) is 49.1 Å². The molecule has 32 heavy (non-hydrogen) atoms. The first-order valence-electron chi connectivity index (χ1n) is 10.9. The Balaban J connectivity index is 1.96. The standard InChI is InChI=1S/C25H34O6S/c1-7-12-31-24-20(28-3)13-15(14-21(24)32-6)16-8-9-17(22(16)26)18-10-11-19(27-2)25(30-5)23(18)29-4/h10-11,13-14,16-17,22,26H,7-9,12H2,1-6H3. The summed E-state index contributed by atoms with van der Waals surface area (Å²) in [5.41, 5.74) is 1.99. The van der Waals surface area contributed by atoms with Crippen molar-refractivity contribution in [1.29, 1.82) is 0 Å². The van der Waals surface area contributed by atoms with Crippen LogP contribution < -0.4 is 23.7 Å². The van der Waals surface area contributed by atoms with Crippen LogP contribution >= 0.6 is 11.8 Å². The summed E-state index contributed by atoms with van der Waals surface area (Å²) >= 11 is 1.62. The number of ether oxygens (including phenoxy) is 5. The normalized spacial score (nSPS) is 20.2. The maximum absolute atomic E-state index is 11.4. The molecular weight excluding hydrogens is 428 g/mol. The third-order valence-electron chi connectivity index (χ3n) is 6.11. The molecule has 0 amide bonds. The van der Waals surface area contributed by atoms with Gasteiger partial charge in [-0.2, -0.15) is 0 Å². The summed E-state index contributed by atoms with van der Waals surface area (Å²) in [5, 5.41) is 11.4. The van der Waals surface area contributed by atoms with E-state index in [2.05, 4.69) is 13.0 Å². The van der Waals surface area contributed by atoms with Crippen molar-refractivity contribution in [3.8, 4) is 28.7 Å². The number of aliphatic hydroxyl groups excluding tert-OH is 1. The average molecular weight is 463 g/mol. The van der Waals surface area contributed by atoms with Crippen LogP contribution in [0.2, 0.25) is 0 Å². The summed E-state index contributed by atoms with van der Waals surface area (Å²) in [6.07, 6.45) is 4.08. The van der Waals surface area contributed by atoms with Crippen molar-refractivity contribution in [1.82, 2.24) is 0 Å². The first-order valence-corrected chi connectivity index (χ1v) is 12.1. The highest BCUT2D eigenvalue weighted by Crippen LogP contribution is 2.51. The van der Waals surface area contributed by atoms with Gasteiger partial charge in [-0.3, -0.25) is 0 Å². The molecule has 0 aromatic heterocycles. The minimum atomic E-state index is -0.566. The van der Waals surface area contributed by atoms with Crippen molar-refractivity contribution in [2.75, 3.05) is 41.3 Å². The molecule has 1 aliphatic carbocycles. The SMILES string of the molecule is CCCOc1c(OC)cc(C2CCC(c3ccc(OC)c(OC)c3OC)C2O)cc1SC. The zero-order valence-corrected chi connectivity index (χ0v) is 20.6. The first kappa shape index (κ1) is 24.4. The summed E-state index contributed by atoms with van der Waals surface area (Å²) in [4.78, 5) is 1.02. The van der Waals surface area contributed by atoms with E-state index in [9.17, 15) is 5.11 Å². The third-order valence-corrected chi connectivity index (χ3v) is 6.85. The van der Waals surface area contributed by atoms with Gasteiger partial charge in [0.15, 0.2) is 23.0 Å². The van der Waals surface area contributed by atoms with Crippen molar-refractivity contribution in [2.45, 2.75) is 49.0 Å². The molecule has 3 atom stereocenters. The summed E-state index contributed by atoms with van der Waals surface area (Å²) < 4.78 is 28.3. The Labute approximate surface area is 195 Å². The maximum Gasteiger partial charge on any atom is 0.203 e. The highest BCUT2D eigenvalue weighted by atomic mass is 32.2. The second kappa shape index (κ2) is 11.1. The van der Waals surface area contributed by atoms with Gasteiger partial charge < -0.3 is 28.8 Å². The Hall–Kier alpha value is -2.25. The lowest BCUT2D eigenvalue weighted by molar-refractivity contribution is 0.144. The second-order valence-electron chi connectivity index (χ2n) is 7.81. The predicted molar refractivity (Wildman–Crippen MR) is 127 cm³/mol. The highest BCUT2D eigenvalue weighted by Gasteiger charge is 2.39. The molecule has 1 N–H and O–H groups in total. The van der Waals surface area contributed by atoms with Gasteiger partial charge in [0.25, 0.3) is 0 Å². The van der Waals surface area contributed by atoms with Gasteiger partial charge in [0.1, 0.15) is 0 Å². The quantitative estimate of drug-likeness (QED) is 0.484. The molecule has 1 saturated carbocycles. The molecule has 1 aliphatic rings. The fraction of sp³-hybridized carbons (Fsp3) is 0.520. The smallest absolute Gasteiger partial charge is 0.203 e. The van der Waals surface area contributed by atoms with Crippen molar-refractivity contribution in [3.05, 3.63) is 35.4 Å². The van der Waals surface area contributed by atoms with E-state index in [1.807, 2.05) is 24.5 Å². The van der Waals surface area contributed by atoms with E-state index < -0.39 is 6.10 Å². The molecule has 0 saturated heterocycles. The largest absolute Gasteiger partial charge is 0.493 e. The molecule has 0 spiro atoms. The van der Waals surface area contributed by atoms with E-state index in [1.54, 1.807) is 40.2 Å². The van der Waals surface area contributed by atoms with Gasteiger partial charge >= 0.3 is 0 Å². The zero-order chi connectivity index (χ0) is 23.3. The number of methoxy groups -OCH3 is 4. The highest BCUT2D eigenvalue weighted by molar-refractivity contribution is 7.98. The average Bonchev–Trinajstić information content (AvgIpc) is 3.21. The number of thioether (sulfide) groups is 1. The molecule has 0 bridgehead atoms. The molecule has 6 nitrogen and oxygen atoms in total. The maximum atomic E-state index is 11.4. The Morgan fingerprint density at radius 1 is 0.875 bits per heavy atom. The molecule has 0 heterocycles. The van der Waals surface area contributed by atoms with Gasteiger partial charge in [0.2, 0.25) is 5.75 Å². The van der Waals surface area contributed by atoms with Crippen LogP contribution in [0, 0.1) is 0 Å². The van der Waals surface area contributed by atoms with Crippen LogP contribution in [0.25, 0.3) is 0 Å². The van der Waals surface area contributed by atoms with Crippen molar-refractivity contribution >= 4 is 11.8 Å². The van der Waals surface area contributed by atoms with Gasteiger partial charge in [0, 0.05) is 17.4 Å². The number of hydrogen-bond acceptors (Lipinski definition) is 7. The molecule has 0 radical (unpaired) electrons. The predicted octanol–water partition coefficient (Wildman–Crippen LogP) is 5.25. The lowest BCUT2D eigenvalue weighted by Crippen LogP contribution is -2.19. The first-order chi connectivity index (χ1) is 15.5. The van der Waals surface area contributed by atoms with E-state index in [-0.39, 0.29) is 11.8 Å². The molecule has 1 fully saturated rings. The van der Waals surface area contributed by atoms with Crippen molar-refractivity contribution in [2.24, 2.45) is 0 Å². The van der Waals surface area contributed by atoms with Crippen LogP contribution in [0.15, 0.2) is 29.2 Å². The lowest BCUT2D eigenvalue weighted by atomic mass is 9.89. The minimum absolute atomic E-state index is 0.0159. The van der Waals surface area contributed by atoms with Crippen LogP contribution in [0.5, 0.6) is 28.7 Å². The Morgan fingerprint density at radius 2 is 1.56 bits per heavy atom.